The molecule has 0 spiro atoms. The molecular weight excluding hydrogens is 615 g/mol. The Morgan fingerprint density at radius 3 is 1.43 bits per heavy atom. The highest BCUT2D eigenvalue weighted by atomic mass is 19.4. The smallest absolute Gasteiger partial charge is 0.423 e. The van der Waals surface area contributed by atoms with Crippen molar-refractivity contribution in [1.29, 1.82) is 0 Å². The first-order valence-electron chi connectivity index (χ1n) is 12.0. The minimum Gasteiger partial charge on any atom is -0.493 e. The van der Waals surface area contributed by atoms with Crippen LogP contribution in [-0.4, -0.2) is 41.6 Å². The number of pyridine rings is 2. The van der Waals surface area contributed by atoms with Gasteiger partial charge in [0.15, 0.2) is 29.1 Å². The summed E-state index contributed by atoms with van der Waals surface area (Å²) in [7, 11) is 2.41. The molecule has 44 heavy (non-hydrogen) atoms. The van der Waals surface area contributed by atoms with Crippen molar-refractivity contribution in [3.8, 4) is 34.8 Å². The number of hydrogen-bond donors (Lipinski definition) is 1. The van der Waals surface area contributed by atoms with Crippen LogP contribution in [0.15, 0.2) is 72.8 Å². The summed E-state index contributed by atoms with van der Waals surface area (Å²) >= 11 is 0. The summed E-state index contributed by atoms with van der Waals surface area (Å²) in [5, 5.41) is 9.21. The predicted molar refractivity (Wildman–Crippen MR) is 135 cm³/mol. The number of aliphatic hydroxyl groups is 1. The fourth-order valence-corrected chi connectivity index (χ4v) is 3.36. The van der Waals surface area contributed by atoms with E-state index in [9.17, 15) is 44.6 Å². The van der Waals surface area contributed by atoms with Crippen molar-refractivity contribution in [2.45, 2.75) is 24.6 Å². The number of rotatable bonds is 8. The summed E-state index contributed by atoms with van der Waals surface area (Å²) in [5.41, 5.74) is -1.02. The Hall–Kier alpha value is -4.73. The van der Waals surface area contributed by atoms with Gasteiger partial charge < -0.3 is 24.1 Å². The van der Waals surface area contributed by atoms with Gasteiger partial charge in [-0.2, -0.15) is 45.1 Å². The molecule has 0 fully saturated rings. The highest BCUT2D eigenvalue weighted by molar-refractivity contribution is 5.46. The number of methoxy groups -OCH3 is 2. The Morgan fingerprint density at radius 1 is 0.614 bits per heavy atom. The molecule has 7 nitrogen and oxygen atoms in total. The Kier molecular flexibility index (Phi) is 10.9. The van der Waals surface area contributed by atoms with Crippen LogP contribution < -0.4 is 18.9 Å². The van der Waals surface area contributed by atoms with Crippen LogP contribution in [0.5, 0.6) is 34.8 Å². The van der Waals surface area contributed by atoms with Crippen LogP contribution in [0.2, 0.25) is 0 Å². The van der Waals surface area contributed by atoms with E-state index in [-0.39, 0.29) is 34.8 Å². The van der Waals surface area contributed by atoms with Gasteiger partial charge in [0.25, 0.3) is 0 Å². The summed E-state index contributed by atoms with van der Waals surface area (Å²) in [6.07, 6.45) is -15.6. The molecular formula is C28H21F9N2O5. The van der Waals surface area contributed by atoms with Gasteiger partial charge in [0.2, 0.25) is 29.8 Å². The first kappa shape index (κ1) is 33.8. The molecule has 0 bridgehead atoms. The highest BCUT2D eigenvalue weighted by Crippen LogP contribution is 2.41. The zero-order valence-electron chi connectivity index (χ0n) is 22.5. The maximum atomic E-state index is 13.3. The molecule has 0 aliphatic heterocycles. The third kappa shape index (κ3) is 9.13. The fourth-order valence-electron chi connectivity index (χ4n) is 3.36. The van der Waals surface area contributed by atoms with E-state index in [1.54, 1.807) is 0 Å². The molecule has 2 unspecified atom stereocenters. The van der Waals surface area contributed by atoms with Crippen molar-refractivity contribution < 1.29 is 63.6 Å². The number of aromatic nitrogens is 2. The van der Waals surface area contributed by atoms with Crippen LogP contribution in [-0.2, 0) is 0 Å². The van der Waals surface area contributed by atoms with Gasteiger partial charge in [0.05, 0.1) is 14.2 Å². The average Bonchev–Trinajstić information content (AvgIpc) is 2.96. The third-order valence-corrected chi connectivity index (χ3v) is 5.39. The predicted octanol–water partition coefficient (Wildman–Crippen LogP) is 8.21. The molecule has 4 rings (SSSR count). The minimum absolute atomic E-state index is 0.0151. The standard InChI is InChI=1S/C14H10F5NO2.C14H11F4NO3/c1-21-10-7-8(13(16)14(17,18)19)5-6-9(10)22-12-4-2-3-11(15)20-12;1-21-10-7-8(13(20)14(16,17)18)5-6-9(10)22-12-4-2-3-11(15)19-12/h2-7,13H,1H3;2-7,13,20H,1H3. The molecule has 236 valence electrons. The van der Waals surface area contributed by atoms with Crippen molar-refractivity contribution >= 4 is 0 Å². The van der Waals surface area contributed by atoms with E-state index in [0.717, 1.165) is 42.5 Å². The first-order valence-corrected chi connectivity index (χ1v) is 12.0. The van der Waals surface area contributed by atoms with E-state index in [1.807, 2.05) is 0 Å². The summed E-state index contributed by atoms with van der Waals surface area (Å²) in [4.78, 5) is 6.91. The van der Waals surface area contributed by atoms with Crippen molar-refractivity contribution in [2.24, 2.45) is 0 Å². The number of halogens is 9. The van der Waals surface area contributed by atoms with E-state index in [1.165, 1.54) is 44.6 Å². The third-order valence-electron chi connectivity index (χ3n) is 5.39. The van der Waals surface area contributed by atoms with Gasteiger partial charge in [0.1, 0.15) is 0 Å². The normalized spacial score (nSPS) is 12.8. The summed E-state index contributed by atoms with van der Waals surface area (Å²) in [6, 6.07) is 13.7. The number of nitrogens with zero attached hydrogens (tertiary/aromatic N) is 2. The van der Waals surface area contributed by atoms with Gasteiger partial charge >= 0.3 is 12.4 Å². The monoisotopic (exact) mass is 636 g/mol. The molecule has 4 aromatic rings. The van der Waals surface area contributed by atoms with Gasteiger partial charge in [-0.15, -0.1) is 0 Å². The maximum absolute atomic E-state index is 13.3. The lowest BCUT2D eigenvalue weighted by atomic mass is 10.1. The molecule has 1 N–H and O–H groups in total. The van der Waals surface area contributed by atoms with Gasteiger partial charge in [0, 0.05) is 12.1 Å². The van der Waals surface area contributed by atoms with Crippen molar-refractivity contribution in [2.75, 3.05) is 14.2 Å². The summed E-state index contributed by atoms with van der Waals surface area (Å²) in [5.74, 6) is -1.89. The van der Waals surface area contributed by atoms with Gasteiger partial charge in [-0.1, -0.05) is 24.3 Å². The second-order valence-electron chi connectivity index (χ2n) is 8.47. The zero-order chi connectivity index (χ0) is 32.7. The van der Waals surface area contributed by atoms with Crippen LogP contribution in [0.1, 0.15) is 23.4 Å². The number of benzene rings is 2. The molecule has 2 atom stereocenters. The molecule has 0 radical (unpaired) electrons. The van der Waals surface area contributed by atoms with Crippen LogP contribution in [0, 0.1) is 11.9 Å². The van der Waals surface area contributed by atoms with Crippen LogP contribution in [0.4, 0.5) is 39.5 Å². The zero-order valence-corrected chi connectivity index (χ0v) is 22.5. The summed E-state index contributed by atoms with van der Waals surface area (Å²) < 4.78 is 134. The van der Waals surface area contributed by atoms with Crippen LogP contribution >= 0.6 is 0 Å². The van der Waals surface area contributed by atoms with E-state index in [0.29, 0.717) is 0 Å². The Labute approximate surface area is 243 Å². The molecule has 0 saturated heterocycles. The molecule has 0 aliphatic rings. The molecule has 16 heteroatoms. The second kappa shape index (κ2) is 14.2. The Bertz CT molecular complexity index is 1440. The van der Waals surface area contributed by atoms with Crippen molar-refractivity contribution in [3.63, 3.8) is 0 Å². The molecule has 2 aromatic carbocycles. The number of alkyl halides is 7. The van der Waals surface area contributed by atoms with E-state index < -0.39 is 47.7 Å². The van der Waals surface area contributed by atoms with Gasteiger partial charge in [-0.05, 0) is 47.5 Å². The van der Waals surface area contributed by atoms with Gasteiger partial charge in [-0.25, -0.2) is 4.39 Å². The van der Waals surface area contributed by atoms with E-state index in [4.69, 9.17) is 18.9 Å². The summed E-state index contributed by atoms with van der Waals surface area (Å²) in [6.45, 7) is 0. The minimum atomic E-state index is -5.02. The molecule has 2 aromatic heterocycles. The maximum Gasteiger partial charge on any atom is 0.423 e. The molecule has 2 heterocycles. The number of aliphatic hydroxyl groups excluding tert-OH is 1. The first-order chi connectivity index (χ1) is 20.6. The lowest BCUT2D eigenvalue weighted by molar-refractivity contribution is -0.206. The Morgan fingerprint density at radius 2 is 1.05 bits per heavy atom. The number of hydrogen-bond acceptors (Lipinski definition) is 7. The fraction of sp³-hybridized carbons (Fsp3) is 0.214. The highest BCUT2D eigenvalue weighted by Gasteiger charge is 2.42. The van der Waals surface area contributed by atoms with E-state index >= 15 is 0 Å². The average molecular weight is 636 g/mol. The molecule has 0 amide bonds. The SMILES string of the molecule is COc1cc(C(F)C(F)(F)F)ccc1Oc1cccc(F)n1.COc1cc(C(O)C(F)(F)F)ccc1Oc1cccc(F)n1. The second-order valence-corrected chi connectivity index (χ2v) is 8.47. The Balaban J connectivity index is 0.000000240. The van der Waals surface area contributed by atoms with Crippen molar-refractivity contribution in [1.82, 2.24) is 9.97 Å². The lowest BCUT2D eigenvalue weighted by Gasteiger charge is -2.17. The van der Waals surface area contributed by atoms with Crippen LogP contribution in [0.3, 0.4) is 0 Å². The quantitative estimate of drug-likeness (QED) is 0.154. The van der Waals surface area contributed by atoms with Crippen molar-refractivity contribution in [3.05, 3.63) is 95.8 Å². The largest absolute Gasteiger partial charge is 0.493 e. The lowest BCUT2D eigenvalue weighted by Crippen LogP contribution is -2.20. The number of ether oxygens (including phenoxy) is 4. The molecule has 0 saturated carbocycles. The van der Waals surface area contributed by atoms with E-state index in [2.05, 4.69) is 9.97 Å². The van der Waals surface area contributed by atoms with Gasteiger partial charge in [-0.3, -0.25) is 0 Å². The topological polar surface area (TPSA) is 82.9 Å². The molecule has 0 aliphatic carbocycles. The van der Waals surface area contributed by atoms with Crippen LogP contribution in [0.25, 0.3) is 0 Å².